The number of thiophene rings is 2. The first-order valence-corrected chi connectivity index (χ1v) is 12.0. The van der Waals surface area contributed by atoms with E-state index in [1.165, 1.54) is 42.4 Å². The van der Waals surface area contributed by atoms with Gasteiger partial charge in [0.15, 0.2) is 0 Å². The molecule has 0 nitrogen and oxygen atoms in total. The van der Waals surface area contributed by atoms with Crippen LogP contribution in [0.2, 0.25) is 0 Å². The molecule has 160 valence electrons. The van der Waals surface area contributed by atoms with E-state index in [-0.39, 0.29) is 0 Å². The van der Waals surface area contributed by atoms with Crippen LogP contribution in [0, 0.1) is 55.4 Å². The second-order valence-electron chi connectivity index (χ2n) is 7.70. The predicted octanol–water partition coefficient (Wildman–Crippen LogP) is 9.34. The molecule has 4 rings (SSSR count). The fourth-order valence-corrected chi connectivity index (χ4v) is 4.05. The maximum absolute atomic E-state index is 2.19. The number of benzene rings is 2. The van der Waals surface area contributed by atoms with Gasteiger partial charge in [0.1, 0.15) is 0 Å². The molecule has 0 aliphatic heterocycles. The van der Waals surface area contributed by atoms with Gasteiger partial charge < -0.3 is 0 Å². The first-order valence-electron chi connectivity index (χ1n) is 10.3. The van der Waals surface area contributed by atoms with Crippen LogP contribution in [0.25, 0.3) is 0 Å². The molecule has 0 unspecified atom stereocenters. The van der Waals surface area contributed by atoms with Gasteiger partial charge >= 0.3 is 0 Å². The van der Waals surface area contributed by atoms with Crippen LogP contribution in [0.3, 0.4) is 0 Å². The van der Waals surface area contributed by atoms with Crippen molar-refractivity contribution in [3.63, 3.8) is 0 Å². The highest BCUT2D eigenvalue weighted by Crippen LogP contribution is 2.12. The van der Waals surface area contributed by atoms with Gasteiger partial charge in [0.25, 0.3) is 0 Å². The molecule has 4 aromatic rings. The van der Waals surface area contributed by atoms with Crippen molar-refractivity contribution < 1.29 is 0 Å². The van der Waals surface area contributed by atoms with Crippen LogP contribution in [0.15, 0.2) is 72.1 Å². The highest BCUT2D eigenvalue weighted by Gasteiger charge is 1.85. The molecule has 0 atom stereocenters. The van der Waals surface area contributed by atoms with E-state index in [4.69, 9.17) is 0 Å². The lowest BCUT2D eigenvalue weighted by Gasteiger charge is -1.90. The summed E-state index contributed by atoms with van der Waals surface area (Å²) in [5.41, 5.74) is 6.71. The summed E-state index contributed by atoms with van der Waals surface area (Å²) >= 11 is 3.65. The molecule has 0 aliphatic rings. The Labute approximate surface area is 192 Å². The summed E-state index contributed by atoms with van der Waals surface area (Å²) in [6.45, 7) is 16.9. The maximum Gasteiger partial charge on any atom is 0.00170 e. The molecule has 0 saturated heterocycles. The first-order chi connectivity index (χ1) is 14.2. The Morgan fingerprint density at radius 3 is 1.10 bits per heavy atom. The van der Waals surface area contributed by atoms with Gasteiger partial charge in [0.2, 0.25) is 0 Å². The Hall–Kier alpha value is -2.16. The third kappa shape index (κ3) is 12.4. The van der Waals surface area contributed by atoms with Crippen LogP contribution in [0.4, 0.5) is 0 Å². The van der Waals surface area contributed by atoms with Crippen molar-refractivity contribution in [1.82, 2.24) is 0 Å². The minimum atomic E-state index is 1.33. The van der Waals surface area contributed by atoms with Crippen LogP contribution in [-0.4, -0.2) is 0 Å². The summed E-state index contributed by atoms with van der Waals surface area (Å²) in [6, 6.07) is 23.4. The molecule has 2 aromatic carbocycles. The largest absolute Gasteiger partial charge is 0.149 e. The normalized spacial score (nSPS) is 9.33. The van der Waals surface area contributed by atoms with Gasteiger partial charge in [-0.15, -0.1) is 22.7 Å². The van der Waals surface area contributed by atoms with Crippen molar-refractivity contribution in [1.29, 1.82) is 0 Å². The van der Waals surface area contributed by atoms with Crippen LogP contribution in [0.5, 0.6) is 0 Å². The van der Waals surface area contributed by atoms with E-state index >= 15 is 0 Å². The zero-order chi connectivity index (χ0) is 22.5. The highest BCUT2D eigenvalue weighted by atomic mass is 32.1. The average Bonchev–Trinajstić information content (AvgIpc) is 3.25. The van der Waals surface area contributed by atoms with Crippen molar-refractivity contribution in [2.24, 2.45) is 0 Å². The average molecular weight is 437 g/mol. The lowest BCUT2D eigenvalue weighted by Crippen LogP contribution is -1.71. The molecule has 0 fully saturated rings. The lowest BCUT2D eigenvalue weighted by molar-refractivity contribution is 1.39. The second kappa shape index (κ2) is 14.0. The van der Waals surface area contributed by atoms with Crippen LogP contribution in [0.1, 0.15) is 42.4 Å². The second-order valence-corrected chi connectivity index (χ2v) is 10.3. The first kappa shape index (κ1) is 25.9. The zero-order valence-electron chi connectivity index (χ0n) is 19.7. The molecule has 0 radical (unpaired) electrons. The van der Waals surface area contributed by atoms with E-state index in [0.717, 1.165) is 0 Å². The monoisotopic (exact) mass is 436 g/mol. The minimum Gasteiger partial charge on any atom is -0.149 e. The molecule has 2 aromatic heterocycles. The molecule has 0 bridgehead atoms. The molecule has 30 heavy (non-hydrogen) atoms. The fraction of sp³-hybridized carbons (Fsp3) is 0.286. The molecule has 2 heterocycles. The van der Waals surface area contributed by atoms with Crippen LogP contribution < -0.4 is 0 Å². The van der Waals surface area contributed by atoms with Crippen molar-refractivity contribution in [3.8, 4) is 0 Å². The zero-order valence-corrected chi connectivity index (χ0v) is 21.4. The molecule has 0 amide bonds. The van der Waals surface area contributed by atoms with Gasteiger partial charge in [-0.25, -0.2) is 0 Å². The Kier molecular flexibility index (Phi) is 12.0. The summed E-state index contributed by atoms with van der Waals surface area (Å²) in [5, 5.41) is 2.16. The third-order valence-electron chi connectivity index (χ3n) is 4.13. The lowest BCUT2D eigenvalue weighted by atomic mass is 10.2. The summed E-state index contributed by atoms with van der Waals surface area (Å²) < 4.78 is 0. The van der Waals surface area contributed by atoms with Crippen molar-refractivity contribution in [2.45, 2.75) is 55.4 Å². The van der Waals surface area contributed by atoms with Gasteiger partial charge in [0.05, 0.1) is 0 Å². The van der Waals surface area contributed by atoms with Crippen LogP contribution >= 0.6 is 22.7 Å². The van der Waals surface area contributed by atoms with Gasteiger partial charge in [-0.05, 0) is 84.5 Å². The Bertz CT molecular complexity index is 862. The van der Waals surface area contributed by atoms with E-state index in [2.05, 4.69) is 127 Å². The summed E-state index contributed by atoms with van der Waals surface area (Å²) in [5.74, 6) is 0. The van der Waals surface area contributed by atoms with Crippen molar-refractivity contribution in [2.75, 3.05) is 0 Å². The van der Waals surface area contributed by atoms with E-state index in [1.807, 2.05) is 11.3 Å². The van der Waals surface area contributed by atoms with Crippen molar-refractivity contribution >= 4 is 22.7 Å². The standard InChI is InChI=1S/2C8H10.2C6H8S/c1-7-3-5-8(2)6-4-7;1-7-4-3-5-8(2)6-7;1-5-3-6(2)7-4-5;1-5-3-4-6(2)7-5/h2*3-6H,1-2H3;2*3-4H,1-2H3. The Morgan fingerprint density at radius 1 is 0.433 bits per heavy atom. The molecule has 0 saturated carbocycles. The number of hydrogen-bond acceptors (Lipinski definition) is 2. The summed E-state index contributed by atoms with van der Waals surface area (Å²) in [7, 11) is 0. The van der Waals surface area contributed by atoms with E-state index in [0.29, 0.717) is 0 Å². The van der Waals surface area contributed by atoms with E-state index < -0.39 is 0 Å². The molecular formula is C28H36S2. The summed E-state index contributed by atoms with van der Waals surface area (Å²) in [6.07, 6.45) is 0. The number of hydrogen-bond donors (Lipinski definition) is 0. The smallest absolute Gasteiger partial charge is 0.00170 e. The van der Waals surface area contributed by atoms with Crippen molar-refractivity contribution in [3.05, 3.63) is 115 Å². The number of aryl methyl sites for hydroxylation is 8. The van der Waals surface area contributed by atoms with Crippen LogP contribution in [-0.2, 0) is 0 Å². The Morgan fingerprint density at radius 2 is 0.900 bits per heavy atom. The maximum atomic E-state index is 2.19. The van der Waals surface area contributed by atoms with Gasteiger partial charge in [-0.3, -0.25) is 0 Å². The van der Waals surface area contributed by atoms with E-state index in [1.54, 1.807) is 11.3 Å². The quantitative estimate of drug-likeness (QED) is 0.257. The highest BCUT2D eigenvalue weighted by molar-refractivity contribution is 7.11. The van der Waals surface area contributed by atoms with Gasteiger partial charge in [0, 0.05) is 14.6 Å². The molecular weight excluding hydrogens is 400 g/mol. The molecule has 0 aliphatic carbocycles. The molecule has 2 heteroatoms. The Balaban J connectivity index is 0.000000200. The predicted molar refractivity (Wildman–Crippen MR) is 139 cm³/mol. The van der Waals surface area contributed by atoms with Gasteiger partial charge in [-0.2, -0.15) is 0 Å². The summed E-state index contributed by atoms with van der Waals surface area (Å²) in [4.78, 5) is 4.20. The topological polar surface area (TPSA) is 0 Å². The number of rotatable bonds is 0. The SMILES string of the molecule is Cc1ccc(C)cc1.Cc1ccc(C)s1.Cc1cccc(C)c1.Cc1csc(C)c1. The van der Waals surface area contributed by atoms with E-state index in [9.17, 15) is 0 Å². The third-order valence-corrected chi connectivity index (χ3v) is 6.02. The molecule has 0 N–H and O–H groups in total. The minimum absolute atomic E-state index is 1.33. The molecule has 0 spiro atoms. The fourth-order valence-electron chi connectivity index (χ4n) is 2.58. The van der Waals surface area contributed by atoms with Gasteiger partial charge in [-0.1, -0.05) is 70.8 Å².